The normalized spacial score (nSPS) is 14.2. The van der Waals surface area contributed by atoms with Gasteiger partial charge in [0.05, 0.1) is 6.54 Å². The number of unbranched alkanes of at least 4 members (excludes halogenated alkanes) is 1. The van der Waals surface area contributed by atoms with Crippen molar-refractivity contribution in [1.82, 2.24) is 5.32 Å². The predicted molar refractivity (Wildman–Crippen MR) is 90.7 cm³/mol. The van der Waals surface area contributed by atoms with Crippen LogP contribution in [0.1, 0.15) is 45.6 Å². The molecule has 0 unspecified atom stereocenters. The minimum atomic E-state index is -0.184. The van der Waals surface area contributed by atoms with Crippen molar-refractivity contribution >= 4 is 5.91 Å². The molecule has 2 rings (SSSR count). The van der Waals surface area contributed by atoms with Gasteiger partial charge in [-0.15, -0.1) is 0 Å². The van der Waals surface area contributed by atoms with Gasteiger partial charge in [0, 0.05) is 18.4 Å². The number of para-hydroxylation sites is 1. The standard InChI is InChI=1S/C19H25NO3/c1-4-5-11-17(21)20-12-6-7-13-22-16-10-8-9-15-14-19(2,3)23-18(15)16/h8-10H,4-5,11-14H2,1-3H3,(H,20,21). The number of fused-ring (bicyclic) bond motifs is 1. The number of hydrogen-bond acceptors (Lipinski definition) is 3. The van der Waals surface area contributed by atoms with Crippen LogP contribution in [0.25, 0.3) is 0 Å². The Labute approximate surface area is 138 Å². The molecule has 1 aliphatic rings. The zero-order valence-electron chi connectivity index (χ0n) is 14.2. The van der Waals surface area contributed by atoms with E-state index in [0.717, 1.165) is 30.8 Å². The van der Waals surface area contributed by atoms with Crippen LogP contribution in [0.5, 0.6) is 11.5 Å². The first-order valence-corrected chi connectivity index (χ1v) is 8.18. The minimum absolute atomic E-state index is 0.0542. The van der Waals surface area contributed by atoms with Crippen LogP contribution in [0.2, 0.25) is 0 Å². The fourth-order valence-electron chi connectivity index (χ4n) is 2.50. The van der Waals surface area contributed by atoms with E-state index in [4.69, 9.17) is 9.47 Å². The van der Waals surface area contributed by atoms with E-state index in [1.807, 2.05) is 12.1 Å². The Hall–Kier alpha value is -2.15. The Morgan fingerprint density at radius 3 is 3.00 bits per heavy atom. The monoisotopic (exact) mass is 315 g/mol. The number of amides is 1. The summed E-state index contributed by atoms with van der Waals surface area (Å²) in [6.07, 6.45) is 3.39. The van der Waals surface area contributed by atoms with E-state index < -0.39 is 0 Å². The molecule has 0 radical (unpaired) electrons. The van der Waals surface area contributed by atoms with Crippen molar-refractivity contribution in [2.45, 2.75) is 52.1 Å². The van der Waals surface area contributed by atoms with Gasteiger partial charge in [0.15, 0.2) is 11.5 Å². The number of ether oxygens (including phenoxy) is 2. The van der Waals surface area contributed by atoms with E-state index in [0.29, 0.717) is 13.0 Å². The molecule has 1 N–H and O–H groups in total. The second-order valence-corrected chi connectivity index (χ2v) is 6.31. The number of rotatable bonds is 6. The van der Waals surface area contributed by atoms with Crippen molar-refractivity contribution in [1.29, 1.82) is 0 Å². The maximum atomic E-state index is 11.4. The number of carbonyl (C=O) groups is 1. The molecule has 0 fully saturated rings. The van der Waals surface area contributed by atoms with Crippen LogP contribution in [-0.2, 0) is 11.2 Å². The van der Waals surface area contributed by atoms with Gasteiger partial charge < -0.3 is 14.8 Å². The van der Waals surface area contributed by atoms with Crippen LogP contribution < -0.4 is 14.8 Å². The van der Waals surface area contributed by atoms with Gasteiger partial charge in [-0.3, -0.25) is 4.79 Å². The van der Waals surface area contributed by atoms with Crippen molar-refractivity contribution in [2.75, 3.05) is 13.2 Å². The molecule has 0 aromatic heterocycles. The molecule has 0 atom stereocenters. The molecule has 0 aliphatic carbocycles. The third-order valence-electron chi connectivity index (χ3n) is 3.61. The van der Waals surface area contributed by atoms with Gasteiger partial charge in [-0.2, -0.15) is 0 Å². The molecular weight excluding hydrogens is 290 g/mol. The lowest BCUT2D eigenvalue weighted by molar-refractivity contribution is -0.120. The van der Waals surface area contributed by atoms with Crippen molar-refractivity contribution in [2.24, 2.45) is 0 Å². The topological polar surface area (TPSA) is 47.6 Å². The summed E-state index contributed by atoms with van der Waals surface area (Å²) in [5.74, 6) is 7.43. The summed E-state index contributed by atoms with van der Waals surface area (Å²) >= 11 is 0. The van der Waals surface area contributed by atoms with Crippen LogP contribution in [0, 0.1) is 11.8 Å². The fourth-order valence-corrected chi connectivity index (χ4v) is 2.50. The fraction of sp³-hybridized carbons (Fsp3) is 0.526. The Bertz CT molecular complexity index is 611. The molecule has 0 saturated carbocycles. The molecule has 23 heavy (non-hydrogen) atoms. The Morgan fingerprint density at radius 1 is 1.39 bits per heavy atom. The molecule has 4 nitrogen and oxygen atoms in total. The summed E-state index contributed by atoms with van der Waals surface area (Å²) in [6, 6.07) is 5.93. The van der Waals surface area contributed by atoms with E-state index in [1.54, 1.807) is 0 Å². The molecule has 1 aliphatic heterocycles. The predicted octanol–water partition coefficient (Wildman–Crippen LogP) is 3.09. The second-order valence-electron chi connectivity index (χ2n) is 6.31. The molecule has 1 amide bonds. The molecular formula is C19H25NO3. The van der Waals surface area contributed by atoms with E-state index in [-0.39, 0.29) is 18.1 Å². The summed E-state index contributed by atoms with van der Waals surface area (Å²) in [5, 5.41) is 2.78. The Morgan fingerprint density at radius 2 is 2.22 bits per heavy atom. The van der Waals surface area contributed by atoms with Gasteiger partial charge in [0.1, 0.15) is 12.2 Å². The van der Waals surface area contributed by atoms with Crippen LogP contribution in [0.15, 0.2) is 18.2 Å². The van der Waals surface area contributed by atoms with Crippen LogP contribution in [-0.4, -0.2) is 24.7 Å². The number of hydrogen-bond donors (Lipinski definition) is 1. The molecule has 0 bridgehead atoms. The van der Waals surface area contributed by atoms with Crippen molar-refractivity contribution in [3.05, 3.63) is 23.8 Å². The van der Waals surface area contributed by atoms with E-state index in [1.165, 1.54) is 5.56 Å². The Kier molecular flexibility index (Phi) is 5.92. The van der Waals surface area contributed by atoms with Crippen molar-refractivity contribution < 1.29 is 14.3 Å². The highest BCUT2D eigenvalue weighted by Crippen LogP contribution is 2.41. The molecule has 1 aromatic carbocycles. The number of carbonyl (C=O) groups excluding carboxylic acids is 1. The van der Waals surface area contributed by atoms with Crippen LogP contribution >= 0.6 is 0 Å². The molecule has 1 heterocycles. The second kappa shape index (κ2) is 7.92. The van der Waals surface area contributed by atoms with Gasteiger partial charge in [0.25, 0.3) is 0 Å². The summed E-state index contributed by atoms with van der Waals surface area (Å²) in [6.45, 7) is 6.85. The molecule has 124 valence electrons. The highest BCUT2D eigenvalue weighted by Gasteiger charge is 2.32. The summed E-state index contributed by atoms with van der Waals surface area (Å²) < 4.78 is 11.6. The molecule has 0 saturated heterocycles. The summed E-state index contributed by atoms with van der Waals surface area (Å²) in [5.41, 5.74) is 0.986. The first kappa shape index (κ1) is 17.2. The van der Waals surface area contributed by atoms with E-state index in [2.05, 4.69) is 44.0 Å². The zero-order valence-corrected chi connectivity index (χ0v) is 14.2. The summed E-state index contributed by atoms with van der Waals surface area (Å²) in [7, 11) is 0. The molecule has 1 aromatic rings. The highest BCUT2D eigenvalue weighted by atomic mass is 16.5. The van der Waals surface area contributed by atoms with Crippen molar-refractivity contribution in [3.8, 4) is 23.3 Å². The first-order valence-electron chi connectivity index (χ1n) is 8.18. The number of nitrogens with one attached hydrogen (secondary N) is 1. The van der Waals surface area contributed by atoms with E-state index in [9.17, 15) is 4.79 Å². The van der Waals surface area contributed by atoms with Gasteiger partial charge >= 0.3 is 0 Å². The minimum Gasteiger partial charge on any atom is -0.483 e. The van der Waals surface area contributed by atoms with E-state index >= 15 is 0 Å². The van der Waals surface area contributed by atoms with Crippen LogP contribution in [0.3, 0.4) is 0 Å². The van der Waals surface area contributed by atoms with Crippen molar-refractivity contribution in [3.63, 3.8) is 0 Å². The maximum Gasteiger partial charge on any atom is 0.220 e. The molecule has 0 spiro atoms. The summed E-state index contributed by atoms with van der Waals surface area (Å²) in [4.78, 5) is 11.4. The third kappa shape index (κ3) is 5.21. The smallest absolute Gasteiger partial charge is 0.220 e. The number of benzene rings is 1. The largest absolute Gasteiger partial charge is 0.483 e. The average molecular weight is 315 g/mol. The van der Waals surface area contributed by atoms with Gasteiger partial charge in [-0.05, 0) is 26.3 Å². The SMILES string of the molecule is CCCCC(=O)NCC#CCOc1cccc2c1OC(C)(C)C2. The lowest BCUT2D eigenvalue weighted by atomic mass is 10.0. The maximum absolute atomic E-state index is 11.4. The first-order chi connectivity index (χ1) is 11.0. The Balaban J connectivity index is 1.77. The van der Waals surface area contributed by atoms with Gasteiger partial charge in [0.2, 0.25) is 5.91 Å². The lowest BCUT2D eigenvalue weighted by Gasteiger charge is -2.17. The quantitative estimate of drug-likeness (QED) is 0.821. The van der Waals surface area contributed by atoms with Gasteiger partial charge in [-0.25, -0.2) is 0 Å². The van der Waals surface area contributed by atoms with Gasteiger partial charge in [-0.1, -0.05) is 37.3 Å². The lowest BCUT2D eigenvalue weighted by Crippen LogP contribution is -2.24. The molecule has 4 heteroatoms. The van der Waals surface area contributed by atoms with Crippen LogP contribution in [0.4, 0.5) is 0 Å². The highest BCUT2D eigenvalue weighted by molar-refractivity contribution is 5.76. The zero-order chi connectivity index (χ0) is 16.7. The average Bonchev–Trinajstić information content (AvgIpc) is 2.83. The third-order valence-corrected chi connectivity index (χ3v) is 3.61.